The summed E-state index contributed by atoms with van der Waals surface area (Å²) >= 11 is 6.74. The van der Waals surface area contributed by atoms with E-state index in [0.29, 0.717) is 0 Å². The second-order valence-electron chi connectivity index (χ2n) is 2.65. The summed E-state index contributed by atoms with van der Waals surface area (Å²) in [5.41, 5.74) is 1.18. The fourth-order valence-electron chi connectivity index (χ4n) is 1.22. The van der Waals surface area contributed by atoms with E-state index in [1.54, 1.807) is 0 Å². The molecule has 5 heteroatoms. The minimum atomic E-state index is 0.145. The Hall–Kier alpha value is -0.290. The Labute approximate surface area is 101 Å². The molecule has 0 aromatic heterocycles. The van der Waals surface area contributed by atoms with Crippen LogP contribution in [0.25, 0.3) is 0 Å². The predicted molar refractivity (Wildman–Crippen MR) is 67.2 cm³/mol. The molecule has 0 amide bonds. The van der Waals surface area contributed by atoms with Crippen LogP contribution < -0.4 is 5.32 Å². The molecule has 2 heterocycles. The first-order chi connectivity index (χ1) is 6.68. The Kier molecular flexibility index (Phi) is 4.19. The predicted octanol–water partition coefficient (Wildman–Crippen LogP) is 3.11. The molecule has 0 aliphatic carbocycles. The SMILES string of the molecule is CC.CC1=CNC2C(Br)=NC(Br)=CN12. The molecule has 0 aromatic carbocycles. The first-order valence-corrected chi connectivity index (χ1v) is 6.09. The zero-order valence-electron chi connectivity index (χ0n) is 8.38. The van der Waals surface area contributed by atoms with Crippen molar-refractivity contribution in [2.75, 3.05) is 0 Å². The van der Waals surface area contributed by atoms with E-state index in [1.807, 2.05) is 26.2 Å². The van der Waals surface area contributed by atoms with Crippen LogP contribution in [0.4, 0.5) is 0 Å². The number of nitrogens with zero attached hydrogens (tertiary/aromatic N) is 2. The summed E-state index contributed by atoms with van der Waals surface area (Å²) in [6, 6.07) is 0. The third kappa shape index (κ3) is 2.20. The molecule has 0 radical (unpaired) electrons. The van der Waals surface area contributed by atoms with E-state index in [9.17, 15) is 0 Å². The summed E-state index contributed by atoms with van der Waals surface area (Å²) < 4.78 is 1.73. The normalized spacial score (nSPS) is 23.6. The van der Waals surface area contributed by atoms with Crippen LogP contribution in [0.2, 0.25) is 0 Å². The van der Waals surface area contributed by atoms with Crippen molar-refractivity contribution in [2.24, 2.45) is 4.99 Å². The average Bonchev–Trinajstić information content (AvgIpc) is 2.52. The Bertz CT molecular complexity index is 307. The van der Waals surface area contributed by atoms with E-state index >= 15 is 0 Å². The van der Waals surface area contributed by atoms with Crippen molar-refractivity contribution in [3.63, 3.8) is 0 Å². The van der Waals surface area contributed by atoms with Crippen molar-refractivity contribution >= 4 is 36.5 Å². The number of rotatable bonds is 0. The van der Waals surface area contributed by atoms with E-state index in [4.69, 9.17) is 0 Å². The summed E-state index contributed by atoms with van der Waals surface area (Å²) in [6.07, 6.45) is 4.08. The molecule has 2 rings (SSSR count). The molecule has 3 nitrogen and oxygen atoms in total. The molecular weight excluding hydrogens is 310 g/mol. The molecule has 0 bridgehead atoms. The lowest BCUT2D eigenvalue weighted by atomic mass is 10.4. The van der Waals surface area contributed by atoms with Gasteiger partial charge in [0.15, 0.2) is 6.17 Å². The van der Waals surface area contributed by atoms with E-state index in [0.717, 1.165) is 9.23 Å². The molecule has 2 aliphatic heterocycles. The Morgan fingerprint density at radius 1 is 1.43 bits per heavy atom. The molecule has 2 aliphatic rings. The van der Waals surface area contributed by atoms with Gasteiger partial charge in [-0.3, -0.25) is 0 Å². The van der Waals surface area contributed by atoms with Crippen LogP contribution in [0.3, 0.4) is 0 Å². The Balaban J connectivity index is 0.000000461. The van der Waals surface area contributed by atoms with Crippen LogP contribution >= 0.6 is 31.9 Å². The lowest BCUT2D eigenvalue weighted by molar-refractivity contribution is 0.424. The maximum atomic E-state index is 4.23. The minimum Gasteiger partial charge on any atom is -0.364 e. The van der Waals surface area contributed by atoms with Crippen molar-refractivity contribution < 1.29 is 0 Å². The number of halogens is 2. The highest BCUT2D eigenvalue weighted by Crippen LogP contribution is 2.26. The molecule has 78 valence electrons. The van der Waals surface area contributed by atoms with Gasteiger partial charge in [0.25, 0.3) is 0 Å². The van der Waals surface area contributed by atoms with Crippen molar-refractivity contribution in [1.82, 2.24) is 10.2 Å². The second-order valence-corrected chi connectivity index (χ2v) is 4.27. The largest absolute Gasteiger partial charge is 0.364 e. The summed E-state index contributed by atoms with van der Waals surface area (Å²) in [7, 11) is 0. The topological polar surface area (TPSA) is 27.6 Å². The van der Waals surface area contributed by atoms with Gasteiger partial charge in [-0.15, -0.1) is 0 Å². The zero-order chi connectivity index (χ0) is 10.7. The van der Waals surface area contributed by atoms with Gasteiger partial charge in [-0.25, -0.2) is 4.99 Å². The van der Waals surface area contributed by atoms with Crippen LogP contribution in [0.1, 0.15) is 20.8 Å². The standard InChI is InChI=1S/C7H7Br2N3.C2H6/c1-4-2-10-7-6(9)11-5(8)3-12(4)7;1-2/h2-3,7,10H,1H3;1-2H3. The summed E-state index contributed by atoms with van der Waals surface area (Å²) in [5.74, 6) is 0. The maximum absolute atomic E-state index is 4.23. The number of fused-ring (bicyclic) bond motifs is 1. The van der Waals surface area contributed by atoms with Gasteiger partial charge in [-0.05, 0) is 38.8 Å². The van der Waals surface area contributed by atoms with Crippen molar-refractivity contribution in [1.29, 1.82) is 0 Å². The van der Waals surface area contributed by atoms with Crippen molar-refractivity contribution in [3.05, 3.63) is 22.7 Å². The fraction of sp³-hybridized carbons (Fsp3) is 0.444. The van der Waals surface area contributed by atoms with Crippen molar-refractivity contribution in [2.45, 2.75) is 26.9 Å². The molecule has 1 atom stereocenters. The zero-order valence-corrected chi connectivity index (χ0v) is 11.6. The summed E-state index contributed by atoms with van der Waals surface area (Å²) in [6.45, 7) is 6.05. The van der Waals surface area contributed by atoms with Crippen LogP contribution in [-0.2, 0) is 0 Å². The molecule has 0 fully saturated rings. The molecule has 0 saturated carbocycles. The third-order valence-electron chi connectivity index (χ3n) is 1.82. The van der Waals surface area contributed by atoms with Gasteiger partial charge in [-0.2, -0.15) is 0 Å². The van der Waals surface area contributed by atoms with Crippen LogP contribution in [0.5, 0.6) is 0 Å². The highest BCUT2D eigenvalue weighted by molar-refractivity contribution is 9.18. The van der Waals surface area contributed by atoms with Gasteiger partial charge in [0.1, 0.15) is 9.23 Å². The van der Waals surface area contributed by atoms with Crippen LogP contribution in [0.15, 0.2) is 27.7 Å². The Morgan fingerprint density at radius 2 is 2.07 bits per heavy atom. The van der Waals surface area contributed by atoms with E-state index < -0.39 is 0 Å². The number of hydrogen-bond acceptors (Lipinski definition) is 3. The van der Waals surface area contributed by atoms with Gasteiger partial charge in [0, 0.05) is 18.1 Å². The minimum absolute atomic E-state index is 0.145. The smallest absolute Gasteiger partial charge is 0.153 e. The Morgan fingerprint density at radius 3 is 2.71 bits per heavy atom. The molecule has 14 heavy (non-hydrogen) atoms. The monoisotopic (exact) mass is 321 g/mol. The number of hydrogen-bond donors (Lipinski definition) is 1. The maximum Gasteiger partial charge on any atom is 0.153 e. The third-order valence-corrected chi connectivity index (χ3v) is 2.81. The van der Waals surface area contributed by atoms with E-state index in [-0.39, 0.29) is 6.17 Å². The van der Waals surface area contributed by atoms with E-state index in [2.05, 4.69) is 54.0 Å². The van der Waals surface area contributed by atoms with Gasteiger partial charge in [-0.1, -0.05) is 13.8 Å². The first kappa shape index (κ1) is 11.8. The number of allylic oxidation sites excluding steroid dienone is 1. The highest BCUT2D eigenvalue weighted by atomic mass is 79.9. The van der Waals surface area contributed by atoms with Crippen LogP contribution in [0, 0.1) is 0 Å². The molecular formula is C9H13Br2N3. The highest BCUT2D eigenvalue weighted by Gasteiger charge is 2.28. The quantitative estimate of drug-likeness (QED) is 0.694. The van der Waals surface area contributed by atoms with Gasteiger partial charge < -0.3 is 10.2 Å². The van der Waals surface area contributed by atoms with Gasteiger partial charge in [0.05, 0.1) is 0 Å². The fourth-order valence-corrected chi connectivity index (χ4v) is 2.42. The molecule has 0 saturated heterocycles. The summed E-state index contributed by atoms with van der Waals surface area (Å²) in [5, 5.41) is 3.20. The average molecular weight is 323 g/mol. The van der Waals surface area contributed by atoms with E-state index in [1.165, 1.54) is 5.70 Å². The second kappa shape index (κ2) is 4.98. The number of aliphatic imine (C=N–C) groups is 1. The molecule has 0 spiro atoms. The molecule has 1 N–H and O–H groups in total. The van der Waals surface area contributed by atoms with Crippen LogP contribution in [-0.4, -0.2) is 15.7 Å². The first-order valence-electron chi connectivity index (χ1n) is 4.51. The van der Waals surface area contributed by atoms with Crippen molar-refractivity contribution in [3.8, 4) is 0 Å². The number of nitrogens with one attached hydrogen (secondary N) is 1. The lowest BCUT2D eigenvalue weighted by Gasteiger charge is -2.26. The van der Waals surface area contributed by atoms with Gasteiger partial charge >= 0.3 is 0 Å². The molecule has 0 aromatic rings. The van der Waals surface area contributed by atoms with Gasteiger partial charge in [0.2, 0.25) is 0 Å². The molecule has 1 unspecified atom stereocenters. The lowest BCUT2D eigenvalue weighted by Crippen LogP contribution is -2.39. The summed E-state index contributed by atoms with van der Waals surface area (Å²) in [4.78, 5) is 6.35.